The van der Waals surface area contributed by atoms with Crippen LogP contribution in [0.25, 0.3) is 6.08 Å². The summed E-state index contributed by atoms with van der Waals surface area (Å²) < 4.78 is 11.1. The number of hydrogen-bond acceptors (Lipinski definition) is 8. The number of nitrogens with one attached hydrogen (secondary N) is 2. The van der Waals surface area contributed by atoms with E-state index in [2.05, 4.69) is 17.2 Å². The normalized spacial score (nSPS) is 13.3. The topological polar surface area (TPSA) is 138 Å². The van der Waals surface area contributed by atoms with E-state index < -0.39 is 59.7 Å². The molecule has 3 atom stereocenters. The van der Waals surface area contributed by atoms with E-state index in [1.54, 1.807) is 71.9 Å². The van der Waals surface area contributed by atoms with Crippen molar-refractivity contribution < 1.29 is 28.7 Å². The summed E-state index contributed by atoms with van der Waals surface area (Å²) in [5.41, 5.74) is 0.217. The molecule has 11 heteroatoms. The van der Waals surface area contributed by atoms with Gasteiger partial charge in [-0.1, -0.05) is 61.2 Å². The summed E-state index contributed by atoms with van der Waals surface area (Å²) in [4.78, 5) is 55.8. The second-order valence-corrected chi connectivity index (χ2v) is 13.7. The predicted molar refractivity (Wildman–Crippen MR) is 181 cm³/mol. The van der Waals surface area contributed by atoms with Gasteiger partial charge < -0.3 is 25.0 Å². The fraction of sp³-hybridized carbons (Fsp3) is 0.457. The van der Waals surface area contributed by atoms with Crippen LogP contribution in [-0.2, 0) is 30.3 Å². The molecule has 2 N–H and O–H groups in total. The summed E-state index contributed by atoms with van der Waals surface area (Å²) in [6, 6.07) is 14.5. The van der Waals surface area contributed by atoms with Gasteiger partial charge in [-0.3, -0.25) is 9.59 Å². The van der Waals surface area contributed by atoms with Crippen molar-refractivity contribution >= 4 is 41.7 Å². The molecule has 2 rings (SSSR count). The molecule has 2 aromatic carbocycles. The van der Waals surface area contributed by atoms with Crippen LogP contribution in [0.5, 0.6) is 0 Å². The zero-order valence-electron chi connectivity index (χ0n) is 27.8. The second kappa shape index (κ2) is 17.4. The van der Waals surface area contributed by atoms with E-state index in [1.807, 2.05) is 42.7 Å². The van der Waals surface area contributed by atoms with Crippen molar-refractivity contribution in [1.29, 1.82) is 5.26 Å². The Kier molecular flexibility index (Phi) is 14.3. The van der Waals surface area contributed by atoms with E-state index >= 15 is 0 Å². The lowest BCUT2D eigenvalue weighted by atomic mass is 9.99. The van der Waals surface area contributed by atoms with E-state index in [0.29, 0.717) is 16.9 Å². The molecule has 10 nitrogen and oxygen atoms in total. The largest absolute Gasteiger partial charge is 0.458 e. The number of nitriles is 1. The number of thioether (sulfide) groups is 1. The van der Waals surface area contributed by atoms with Crippen LogP contribution in [0, 0.1) is 11.3 Å². The number of esters is 1. The van der Waals surface area contributed by atoms with Crippen molar-refractivity contribution in [3.8, 4) is 6.07 Å². The van der Waals surface area contributed by atoms with Crippen LogP contribution in [-0.4, -0.2) is 70.6 Å². The van der Waals surface area contributed by atoms with E-state index in [9.17, 15) is 24.4 Å². The molecule has 0 bridgehead atoms. The number of rotatable bonds is 14. The lowest BCUT2D eigenvalue weighted by Crippen LogP contribution is -2.55. The Morgan fingerprint density at radius 1 is 0.957 bits per heavy atom. The summed E-state index contributed by atoms with van der Waals surface area (Å²) in [5, 5.41) is 15.3. The predicted octanol–water partition coefficient (Wildman–Crippen LogP) is 5.44. The summed E-state index contributed by atoms with van der Waals surface area (Å²) >= 11 is 1.48. The second-order valence-electron chi connectivity index (χ2n) is 12.7. The zero-order valence-corrected chi connectivity index (χ0v) is 28.6. The minimum absolute atomic E-state index is 0.129. The number of ether oxygens (including phenoxy) is 2. The molecule has 0 fully saturated rings. The molecule has 2 aromatic rings. The summed E-state index contributed by atoms with van der Waals surface area (Å²) in [6.07, 6.45) is 3.01. The first-order valence-electron chi connectivity index (χ1n) is 15.0. The molecule has 0 aliphatic rings. The summed E-state index contributed by atoms with van der Waals surface area (Å²) in [5.74, 6) is -1.49. The molecule has 0 aliphatic heterocycles. The third-order valence-electron chi connectivity index (χ3n) is 6.44. The number of carbonyl (C=O) groups is 4. The van der Waals surface area contributed by atoms with Crippen LogP contribution < -0.4 is 10.6 Å². The van der Waals surface area contributed by atoms with E-state index in [4.69, 9.17) is 9.47 Å². The fourth-order valence-electron chi connectivity index (χ4n) is 4.51. The van der Waals surface area contributed by atoms with Crippen molar-refractivity contribution in [2.75, 3.05) is 18.6 Å². The van der Waals surface area contributed by atoms with E-state index in [1.165, 1.54) is 11.8 Å². The van der Waals surface area contributed by atoms with Crippen LogP contribution in [0.3, 0.4) is 0 Å². The number of amides is 3. The number of hydrogen-bond donors (Lipinski definition) is 2. The van der Waals surface area contributed by atoms with Crippen molar-refractivity contribution in [2.24, 2.45) is 0 Å². The van der Waals surface area contributed by atoms with Crippen LogP contribution in [0.1, 0.15) is 70.7 Å². The van der Waals surface area contributed by atoms with Gasteiger partial charge in [0.2, 0.25) is 11.8 Å². The lowest BCUT2D eigenvalue weighted by molar-refractivity contribution is -0.159. The van der Waals surface area contributed by atoms with E-state index in [-0.39, 0.29) is 12.8 Å². The molecule has 46 heavy (non-hydrogen) atoms. The SMILES string of the molecule is C=Cc1cccc(C(C(=O)NC(Cc2ccccc2)C(=O)OC(C)(C)C)N(CC#N)C(=O)C(CCSC)NC(=O)OC(C)(C)C)c1. The number of alkyl carbamates (subject to hydrolysis) is 1. The zero-order chi connectivity index (χ0) is 34.5. The molecule has 0 aliphatic carbocycles. The Morgan fingerprint density at radius 2 is 1.61 bits per heavy atom. The highest BCUT2D eigenvalue weighted by Gasteiger charge is 2.38. The van der Waals surface area contributed by atoms with Gasteiger partial charge in [0.1, 0.15) is 35.9 Å². The van der Waals surface area contributed by atoms with Crippen molar-refractivity contribution in [1.82, 2.24) is 15.5 Å². The van der Waals surface area contributed by atoms with Gasteiger partial charge in [-0.25, -0.2) is 9.59 Å². The summed E-state index contributed by atoms with van der Waals surface area (Å²) in [6.45, 7) is 13.6. The molecule has 0 aromatic heterocycles. The first kappa shape index (κ1) is 37.9. The van der Waals surface area contributed by atoms with Gasteiger partial charge in [-0.2, -0.15) is 17.0 Å². The van der Waals surface area contributed by atoms with Crippen molar-refractivity contribution in [2.45, 2.75) is 83.7 Å². The Bertz CT molecular complexity index is 1390. The van der Waals surface area contributed by atoms with Crippen molar-refractivity contribution in [3.63, 3.8) is 0 Å². The van der Waals surface area contributed by atoms with Gasteiger partial charge in [-0.15, -0.1) is 0 Å². The maximum absolute atomic E-state index is 14.3. The van der Waals surface area contributed by atoms with Crippen LogP contribution >= 0.6 is 11.8 Å². The Labute approximate surface area is 276 Å². The molecule has 0 saturated heterocycles. The van der Waals surface area contributed by atoms with Gasteiger partial charge in [-0.05, 0) is 82.7 Å². The van der Waals surface area contributed by atoms with Crippen molar-refractivity contribution in [3.05, 3.63) is 77.9 Å². The molecular weight excluding hydrogens is 604 g/mol. The monoisotopic (exact) mass is 650 g/mol. The first-order valence-corrected chi connectivity index (χ1v) is 16.4. The minimum atomic E-state index is -1.34. The minimum Gasteiger partial charge on any atom is -0.458 e. The Morgan fingerprint density at radius 3 is 2.17 bits per heavy atom. The highest BCUT2D eigenvalue weighted by molar-refractivity contribution is 7.98. The average Bonchev–Trinajstić information content (AvgIpc) is 2.97. The molecule has 248 valence electrons. The highest BCUT2D eigenvalue weighted by atomic mass is 32.2. The third kappa shape index (κ3) is 12.6. The van der Waals surface area contributed by atoms with Gasteiger partial charge in [0.15, 0.2) is 0 Å². The standard InChI is InChI=1S/C35H46N4O6S/c1-9-24-16-13-17-26(22-24)29(30(40)37-28(32(42)44-34(2,3)4)23-25-14-11-10-12-15-25)39(20-19-36)31(41)27(18-21-46-8)38-33(43)45-35(5,6)7/h9-17,22,27-29H,1,18,20-21,23H2,2-8H3,(H,37,40)(H,38,43). The maximum atomic E-state index is 14.3. The Hall–Kier alpha value is -4.30. The third-order valence-corrected chi connectivity index (χ3v) is 7.08. The number of carbonyl (C=O) groups excluding carboxylic acids is 4. The van der Waals surface area contributed by atoms with Gasteiger partial charge in [0, 0.05) is 6.42 Å². The molecule has 0 spiro atoms. The van der Waals surface area contributed by atoms with Gasteiger partial charge >= 0.3 is 12.1 Å². The van der Waals surface area contributed by atoms with Crippen LogP contribution in [0.2, 0.25) is 0 Å². The van der Waals surface area contributed by atoms with E-state index in [0.717, 1.165) is 10.5 Å². The smallest absolute Gasteiger partial charge is 0.408 e. The molecule has 0 saturated carbocycles. The van der Waals surface area contributed by atoms with Crippen LogP contribution in [0.15, 0.2) is 61.2 Å². The van der Waals surface area contributed by atoms with Crippen LogP contribution in [0.4, 0.5) is 4.79 Å². The molecule has 3 unspecified atom stereocenters. The van der Waals surface area contributed by atoms with Gasteiger partial charge in [0.25, 0.3) is 0 Å². The molecular formula is C35H46N4O6S. The fourth-order valence-corrected chi connectivity index (χ4v) is 4.98. The average molecular weight is 651 g/mol. The quantitative estimate of drug-likeness (QED) is 0.204. The Balaban J connectivity index is 2.61. The number of nitrogens with zero attached hydrogens (tertiary/aromatic N) is 2. The molecule has 0 radical (unpaired) electrons. The highest BCUT2D eigenvalue weighted by Crippen LogP contribution is 2.25. The lowest BCUT2D eigenvalue weighted by Gasteiger charge is -2.34. The van der Waals surface area contributed by atoms with Gasteiger partial charge in [0.05, 0.1) is 6.07 Å². The summed E-state index contributed by atoms with van der Waals surface area (Å²) in [7, 11) is 0. The molecule has 0 heterocycles. The number of benzene rings is 2. The molecule has 3 amide bonds. The first-order chi connectivity index (χ1) is 21.6. The maximum Gasteiger partial charge on any atom is 0.408 e.